The van der Waals surface area contributed by atoms with Crippen LogP contribution in [0.2, 0.25) is 0 Å². The van der Waals surface area contributed by atoms with Crippen LogP contribution in [0.3, 0.4) is 0 Å². The molecule has 29 heavy (non-hydrogen) atoms. The average molecular weight is 454 g/mol. The molecule has 1 amide bonds. The fourth-order valence-electron chi connectivity index (χ4n) is 4.25. The first-order valence-corrected chi connectivity index (χ1v) is 13.8. The number of aryl methyl sites for hydroxylation is 3. The summed E-state index contributed by atoms with van der Waals surface area (Å²) in [4.78, 5) is 26.6. The zero-order valence-corrected chi connectivity index (χ0v) is 19.6. The number of fused-ring (bicyclic) bond motifs is 3. The predicted molar refractivity (Wildman–Crippen MR) is 119 cm³/mol. The fraction of sp³-hybridized carbons (Fsp3) is 0.650. The Bertz CT molecular complexity index is 1050. The molecule has 3 heterocycles. The van der Waals surface area contributed by atoms with Crippen molar-refractivity contribution in [2.45, 2.75) is 57.5 Å². The molecule has 0 bridgehead atoms. The van der Waals surface area contributed by atoms with Crippen LogP contribution in [0.4, 0.5) is 0 Å². The van der Waals surface area contributed by atoms with E-state index in [0.29, 0.717) is 18.9 Å². The average Bonchev–Trinajstić information content (AvgIpc) is 3.30. The number of amides is 1. The Morgan fingerprint density at radius 1 is 1.31 bits per heavy atom. The summed E-state index contributed by atoms with van der Waals surface area (Å²) >= 11 is 3.23. The number of hydrogen-bond donors (Lipinski definition) is 0. The first kappa shape index (κ1) is 21.1. The Balaban J connectivity index is 1.55. The molecule has 1 aliphatic heterocycles. The topological polar surface area (TPSA) is 80.2 Å². The Labute approximate surface area is 180 Å². The van der Waals surface area contributed by atoms with Gasteiger partial charge in [0.05, 0.1) is 17.3 Å². The molecule has 0 spiro atoms. The van der Waals surface area contributed by atoms with Gasteiger partial charge in [0.1, 0.15) is 15.7 Å². The van der Waals surface area contributed by atoms with Gasteiger partial charge in [-0.2, -0.15) is 0 Å². The summed E-state index contributed by atoms with van der Waals surface area (Å²) in [6.45, 7) is 6.60. The second kappa shape index (κ2) is 8.15. The van der Waals surface area contributed by atoms with E-state index in [2.05, 4.69) is 23.8 Å². The summed E-state index contributed by atoms with van der Waals surface area (Å²) < 4.78 is 23.9. The van der Waals surface area contributed by atoms with Gasteiger partial charge >= 0.3 is 0 Å². The van der Waals surface area contributed by atoms with Crippen LogP contribution < -0.4 is 0 Å². The van der Waals surface area contributed by atoms with Crippen molar-refractivity contribution in [1.29, 1.82) is 0 Å². The van der Waals surface area contributed by atoms with Gasteiger partial charge in [-0.3, -0.25) is 4.79 Å². The lowest BCUT2D eigenvalue weighted by atomic mass is 10.1. The van der Waals surface area contributed by atoms with Crippen LogP contribution in [0.1, 0.15) is 43.0 Å². The molecule has 1 unspecified atom stereocenters. The zero-order valence-electron chi connectivity index (χ0n) is 17.1. The van der Waals surface area contributed by atoms with E-state index in [1.807, 2.05) is 6.92 Å². The number of carbonyl (C=O) groups is 1. The van der Waals surface area contributed by atoms with Gasteiger partial charge in [0.15, 0.2) is 9.84 Å². The van der Waals surface area contributed by atoms with E-state index in [1.165, 1.54) is 28.6 Å². The van der Waals surface area contributed by atoms with Gasteiger partial charge < -0.3 is 4.90 Å². The summed E-state index contributed by atoms with van der Waals surface area (Å²) in [5, 5.41) is 2.02. The molecule has 9 heteroatoms. The molecule has 0 aromatic carbocycles. The van der Waals surface area contributed by atoms with Crippen LogP contribution >= 0.6 is 23.1 Å². The molecular weight excluding hydrogens is 426 g/mol. The number of aromatic nitrogens is 2. The van der Waals surface area contributed by atoms with E-state index in [0.717, 1.165) is 33.9 Å². The van der Waals surface area contributed by atoms with Crippen LogP contribution in [0, 0.1) is 12.8 Å². The van der Waals surface area contributed by atoms with Crippen LogP contribution in [0.25, 0.3) is 10.2 Å². The van der Waals surface area contributed by atoms with Crippen LogP contribution in [-0.4, -0.2) is 59.0 Å². The number of nitrogens with zero attached hydrogens (tertiary/aromatic N) is 3. The Kier molecular flexibility index (Phi) is 5.92. The monoisotopic (exact) mass is 453 g/mol. The van der Waals surface area contributed by atoms with Crippen molar-refractivity contribution in [2.24, 2.45) is 5.92 Å². The maximum absolute atomic E-state index is 13.1. The number of carbonyl (C=O) groups excluding carboxylic acids is 1. The zero-order chi connectivity index (χ0) is 20.8. The van der Waals surface area contributed by atoms with E-state index in [4.69, 9.17) is 0 Å². The number of thioether (sulfide) groups is 1. The SMILES string of the molecule is Cc1nc(SCC(=O)N(CC(C)C)C2CCS(=O)(=O)C2)c2c3c(sc2n1)CCC3. The van der Waals surface area contributed by atoms with Crippen LogP contribution in [0.5, 0.6) is 0 Å². The van der Waals surface area contributed by atoms with Crippen LogP contribution in [-0.2, 0) is 27.5 Å². The summed E-state index contributed by atoms with van der Waals surface area (Å²) in [6.07, 6.45) is 3.88. The molecule has 0 radical (unpaired) electrons. The molecule has 1 atom stereocenters. The summed E-state index contributed by atoms with van der Waals surface area (Å²) in [6, 6.07) is -0.201. The van der Waals surface area contributed by atoms with Gasteiger partial charge in [0, 0.05) is 22.8 Å². The third kappa shape index (κ3) is 4.46. The lowest BCUT2D eigenvalue weighted by molar-refractivity contribution is -0.130. The van der Waals surface area contributed by atoms with Gasteiger partial charge in [-0.15, -0.1) is 11.3 Å². The largest absolute Gasteiger partial charge is 0.338 e. The summed E-state index contributed by atoms with van der Waals surface area (Å²) in [7, 11) is -3.03. The highest BCUT2D eigenvalue weighted by atomic mass is 32.2. The van der Waals surface area contributed by atoms with Crippen molar-refractivity contribution >= 4 is 49.1 Å². The fourth-order valence-corrected chi connectivity index (χ4v) is 8.34. The van der Waals surface area contributed by atoms with Crippen LogP contribution in [0.15, 0.2) is 5.03 Å². The summed E-state index contributed by atoms with van der Waals surface area (Å²) in [5.74, 6) is 1.57. The molecule has 1 fully saturated rings. The summed E-state index contributed by atoms with van der Waals surface area (Å²) in [5.41, 5.74) is 1.36. The van der Waals surface area contributed by atoms with Gasteiger partial charge in [-0.1, -0.05) is 25.6 Å². The van der Waals surface area contributed by atoms with E-state index in [9.17, 15) is 13.2 Å². The molecule has 1 saturated heterocycles. The van der Waals surface area contributed by atoms with Crippen molar-refractivity contribution in [3.63, 3.8) is 0 Å². The molecule has 2 aromatic rings. The Morgan fingerprint density at radius 3 is 2.79 bits per heavy atom. The molecule has 2 aromatic heterocycles. The van der Waals surface area contributed by atoms with Gasteiger partial charge in [-0.05, 0) is 44.1 Å². The molecule has 6 nitrogen and oxygen atoms in total. The van der Waals surface area contributed by atoms with Crippen molar-refractivity contribution in [3.8, 4) is 0 Å². The number of thiophene rings is 1. The maximum atomic E-state index is 13.1. The standard InChI is InChI=1S/C20H27N3O3S3/c1-12(2)9-23(14-7-8-29(25,26)11-14)17(24)10-27-19-18-15-5-4-6-16(15)28-20(18)22-13(3)21-19/h12,14H,4-11H2,1-3H3. The molecule has 4 rings (SSSR count). The first-order chi connectivity index (χ1) is 13.7. The Morgan fingerprint density at radius 2 is 2.10 bits per heavy atom. The van der Waals surface area contributed by atoms with Crippen molar-refractivity contribution < 1.29 is 13.2 Å². The second-order valence-corrected chi connectivity index (χ2v) is 12.7. The lowest BCUT2D eigenvalue weighted by Crippen LogP contribution is -2.44. The lowest BCUT2D eigenvalue weighted by Gasteiger charge is -2.30. The molecule has 0 N–H and O–H groups in total. The van der Waals surface area contributed by atoms with Gasteiger partial charge in [0.25, 0.3) is 0 Å². The highest BCUT2D eigenvalue weighted by molar-refractivity contribution is 8.00. The highest BCUT2D eigenvalue weighted by Gasteiger charge is 2.35. The van der Waals surface area contributed by atoms with E-state index < -0.39 is 9.84 Å². The highest BCUT2D eigenvalue weighted by Crippen LogP contribution is 2.40. The number of rotatable bonds is 6. The number of hydrogen-bond acceptors (Lipinski definition) is 7. The molecule has 1 aliphatic carbocycles. The third-order valence-corrected chi connectivity index (χ3v) is 9.40. The van der Waals surface area contributed by atoms with Crippen molar-refractivity contribution in [1.82, 2.24) is 14.9 Å². The maximum Gasteiger partial charge on any atom is 0.233 e. The minimum atomic E-state index is -3.03. The quantitative estimate of drug-likeness (QED) is 0.493. The minimum absolute atomic E-state index is 0.00194. The van der Waals surface area contributed by atoms with E-state index in [1.54, 1.807) is 16.2 Å². The van der Waals surface area contributed by atoms with E-state index >= 15 is 0 Å². The Hall–Kier alpha value is -1.19. The molecule has 0 saturated carbocycles. The van der Waals surface area contributed by atoms with Crippen molar-refractivity contribution in [3.05, 3.63) is 16.3 Å². The predicted octanol–water partition coefficient (Wildman–Crippen LogP) is 3.25. The number of sulfone groups is 1. The van der Waals surface area contributed by atoms with Crippen molar-refractivity contribution in [2.75, 3.05) is 23.8 Å². The van der Waals surface area contributed by atoms with Gasteiger partial charge in [-0.25, -0.2) is 18.4 Å². The van der Waals surface area contributed by atoms with E-state index in [-0.39, 0.29) is 29.2 Å². The third-order valence-electron chi connectivity index (χ3n) is 5.51. The minimum Gasteiger partial charge on any atom is -0.338 e. The normalized spacial score (nSPS) is 20.5. The molecule has 158 valence electrons. The smallest absolute Gasteiger partial charge is 0.233 e. The first-order valence-electron chi connectivity index (χ1n) is 10.1. The van der Waals surface area contributed by atoms with Gasteiger partial charge in [0.2, 0.25) is 5.91 Å². The molecular formula is C20H27N3O3S3. The second-order valence-electron chi connectivity index (χ2n) is 8.40. The molecule has 2 aliphatic rings.